The van der Waals surface area contributed by atoms with Crippen LogP contribution in [0.5, 0.6) is 0 Å². The topological polar surface area (TPSA) is 232 Å². The molecule has 0 radical (unpaired) electrons. The van der Waals surface area contributed by atoms with E-state index in [-0.39, 0.29) is 30.6 Å². The highest BCUT2D eigenvalue weighted by atomic mass is 16.4. The number of likely N-dealkylation sites (tertiary alicyclic amines) is 1. The average molecular weight is 773 g/mol. The predicted molar refractivity (Wildman–Crippen MR) is 203 cm³/mol. The van der Waals surface area contributed by atoms with Gasteiger partial charge < -0.3 is 41.3 Å². The maximum absolute atomic E-state index is 14.0. The van der Waals surface area contributed by atoms with Crippen molar-refractivity contribution < 1.29 is 48.6 Å². The van der Waals surface area contributed by atoms with E-state index in [9.17, 15) is 48.6 Å². The van der Waals surface area contributed by atoms with E-state index in [1.807, 2.05) is 30.3 Å². The molecule has 6 N–H and O–H groups in total. The molecule has 1 heterocycles. The molecule has 16 nitrogen and oxygen atoms in total. The molecule has 1 aromatic carbocycles. The fraction of sp³-hybridized carbons (Fsp3) is 0.641. The van der Waals surface area contributed by atoms with E-state index in [1.165, 1.54) is 16.8 Å². The quantitative estimate of drug-likeness (QED) is 0.0999. The maximum atomic E-state index is 14.0. The molecule has 6 atom stereocenters. The van der Waals surface area contributed by atoms with Crippen LogP contribution in [0, 0.1) is 17.8 Å². The highest BCUT2D eigenvalue weighted by molar-refractivity contribution is 5.98. The Kier molecular flexibility index (Phi) is 18.8. The lowest BCUT2D eigenvalue weighted by atomic mass is 9.95. The molecule has 6 amide bonds. The summed E-state index contributed by atoms with van der Waals surface area (Å²) in [5, 5.41) is 29.1. The molecule has 1 aliphatic rings. The summed E-state index contributed by atoms with van der Waals surface area (Å²) in [6.07, 6.45) is 1.14. The van der Waals surface area contributed by atoms with Crippen molar-refractivity contribution in [2.75, 3.05) is 20.1 Å². The Morgan fingerprint density at radius 1 is 0.745 bits per heavy atom. The number of amides is 6. The van der Waals surface area contributed by atoms with Crippen molar-refractivity contribution in [3.63, 3.8) is 0 Å². The van der Waals surface area contributed by atoms with Gasteiger partial charge in [-0.1, -0.05) is 78.3 Å². The number of benzene rings is 1. The van der Waals surface area contributed by atoms with Gasteiger partial charge >= 0.3 is 11.9 Å². The van der Waals surface area contributed by atoms with Crippen molar-refractivity contribution in [1.29, 1.82) is 0 Å². The largest absolute Gasteiger partial charge is 0.481 e. The summed E-state index contributed by atoms with van der Waals surface area (Å²) in [4.78, 5) is 108. The number of likely N-dealkylation sites (N-methyl/N-ethyl adjacent to an activating group) is 1. The smallest absolute Gasteiger partial charge is 0.326 e. The molecule has 1 aliphatic heterocycles. The van der Waals surface area contributed by atoms with Gasteiger partial charge in [0.15, 0.2) is 0 Å². The number of hydrogen-bond donors (Lipinski definition) is 6. The van der Waals surface area contributed by atoms with Crippen molar-refractivity contribution >= 4 is 47.4 Å². The Hall–Kier alpha value is -5.02. The van der Waals surface area contributed by atoms with Gasteiger partial charge in [0.25, 0.3) is 0 Å². The SMILES string of the molecule is CC[C@H](C)[C@H](NC(=O)[C@H](C(C)C)N(C)C(=O)CCc1ccccc1)C(=O)NC(CC(=O)N1CCCC1)C(=O)NC(CC(=O)O)C(=O)N[C@@H](CC(C)C)C(=O)O. The number of carbonyl (C=O) groups excluding carboxylic acids is 6. The normalized spacial score (nSPS) is 15.9. The van der Waals surface area contributed by atoms with Crippen molar-refractivity contribution in [2.45, 2.75) is 123 Å². The van der Waals surface area contributed by atoms with Crippen molar-refractivity contribution in [3.05, 3.63) is 35.9 Å². The lowest BCUT2D eigenvalue weighted by Gasteiger charge is -2.33. The summed E-state index contributed by atoms with van der Waals surface area (Å²) >= 11 is 0. The minimum absolute atomic E-state index is 0.0376. The maximum Gasteiger partial charge on any atom is 0.326 e. The molecule has 306 valence electrons. The highest BCUT2D eigenvalue weighted by Crippen LogP contribution is 2.17. The summed E-state index contributed by atoms with van der Waals surface area (Å²) in [7, 11) is 1.53. The van der Waals surface area contributed by atoms with E-state index in [1.54, 1.807) is 41.5 Å². The molecule has 55 heavy (non-hydrogen) atoms. The van der Waals surface area contributed by atoms with Crippen LogP contribution in [0.25, 0.3) is 0 Å². The third-order valence-electron chi connectivity index (χ3n) is 9.78. The van der Waals surface area contributed by atoms with Gasteiger partial charge in [-0.3, -0.25) is 33.6 Å². The summed E-state index contributed by atoms with van der Waals surface area (Å²) in [6, 6.07) is 2.59. The zero-order valence-electron chi connectivity index (χ0n) is 33.1. The van der Waals surface area contributed by atoms with Crippen molar-refractivity contribution in [2.24, 2.45) is 17.8 Å². The summed E-state index contributed by atoms with van der Waals surface area (Å²) in [5.74, 6) is -8.00. The summed E-state index contributed by atoms with van der Waals surface area (Å²) in [5.41, 5.74) is 0.968. The van der Waals surface area contributed by atoms with Crippen molar-refractivity contribution in [1.82, 2.24) is 31.1 Å². The standard InChI is InChI=1S/C39H60N6O10/c1-8-25(6)33(43-38(53)34(24(4)5)44(7)30(46)17-16-26-14-10-9-11-15-26)37(52)41-27(21-31(47)45-18-12-13-19-45)35(50)40-28(22-32(48)49)36(51)42-29(39(54)55)20-23(2)3/h9-11,14-15,23-25,27-29,33-34H,8,12-13,16-22H2,1-7H3,(H,40,50)(H,41,52)(H,42,51)(H,43,53)(H,48,49)(H,54,55)/t25-,27?,28?,29-,33-,34-/m0/s1. The predicted octanol–water partition coefficient (Wildman–Crippen LogP) is 1.71. The molecule has 1 aromatic rings. The Labute approximate surface area is 323 Å². The second-order valence-electron chi connectivity index (χ2n) is 15.1. The first kappa shape index (κ1) is 46.1. The lowest BCUT2D eigenvalue weighted by molar-refractivity contribution is -0.144. The van der Waals surface area contributed by atoms with E-state index >= 15 is 0 Å². The average Bonchev–Trinajstić information content (AvgIpc) is 3.67. The van der Waals surface area contributed by atoms with E-state index in [0.717, 1.165) is 18.4 Å². The van der Waals surface area contributed by atoms with Gasteiger partial charge in [-0.2, -0.15) is 0 Å². The van der Waals surface area contributed by atoms with Gasteiger partial charge in [-0.25, -0.2) is 4.79 Å². The van der Waals surface area contributed by atoms with E-state index in [4.69, 9.17) is 0 Å². The number of carboxylic acids is 2. The number of carboxylic acid groups (broad SMARTS) is 2. The van der Waals surface area contributed by atoms with Crippen LogP contribution in [0.2, 0.25) is 0 Å². The first-order valence-electron chi connectivity index (χ1n) is 19.1. The number of aliphatic carboxylic acids is 2. The van der Waals surface area contributed by atoms with Crippen molar-refractivity contribution in [3.8, 4) is 0 Å². The van der Waals surface area contributed by atoms with Crippen LogP contribution < -0.4 is 21.3 Å². The van der Waals surface area contributed by atoms with Crippen LogP contribution in [0.4, 0.5) is 0 Å². The number of aryl methyl sites for hydroxylation is 1. The molecule has 0 aliphatic carbocycles. The molecule has 0 spiro atoms. The number of rotatable bonds is 22. The van der Waals surface area contributed by atoms with Gasteiger partial charge in [0, 0.05) is 26.6 Å². The number of carbonyl (C=O) groups is 8. The van der Waals surface area contributed by atoms with Crippen LogP contribution in [0.1, 0.15) is 92.1 Å². The zero-order chi connectivity index (χ0) is 41.4. The van der Waals surface area contributed by atoms with E-state index in [0.29, 0.717) is 25.9 Å². The first-order valence-corrected chi connectivity index (χ1v) is 19.1. The third kappa shape index (κ3) is 15.0. The van der Waals surface area contributed by atoms with Gasteiger partial charge in [0.1, 0.15) is 30.2 Å². The fourth-order valence-electron chi connectivity index (χ4n) is 6.46. The molecule has 1 saturated heterocycles. The molecule has 0 aromatic heterocycles. The van der Waals surface area contributed by atoms with Crippen LogP contribution in [-0.4, -0.2) is 118 Å². The number of hydrogen-bond acceptors (Lipinski definition) is 8. The monoisotopic (exact) mass is 772 g/mol. The fourth-order valence-corrected chi connectivity index (χ4v) is 6.46. The minimum atomic E-state index is -1.74. The number of nitrogens with zero attached hydrogens (tertiary/aromatic N) is 2. The minimum Gasteiger partial charge on any atom is -0.481 e. The molecule has 0 bridgehead atoms. The van der Waals surface area contributed by atoms with Gasteiger partial charge in [-0.15, -0.1) is 0 Å². The lowest BCUT2D eigenvalue weighted by Crippen LogP contribution is -2.61. The van der Waals surface area contributed by atoms with Crippen LogP contribution in [0.3, 0.4) is 0 Å². The summed E-state index contributed by atoms with van der Waals surface area (Å²) < 4.78 is 0. The van der Waals surface area contributed by atoms with E-state index in [2.05, 4.69) is 21.3 Å². The molecule has 16 heteroatoms. The summed E-state index contributed by atoms with van der Waals surface area (Å²) in [6.45, 7) is 11.4. The number of nitrogens with one attached hydrogen (secondary N) is 4. The van der Waals surface area contributed by atoms with Gasteiger partial charge in [0.05, 0.1) is 12.8 Å². The zero-order valence-corrected chi connectivity index (χ0v) is 33.1. The van der Waals surface area contributed by atoms with Gasteiger partial charge in [0.2, 0.25) is 35.4 Å². The molecule has 2 rings (SSSR count). The van der Waals surface area contributed by atoms with Crippen LogP contribution in [0.15, 0.2) is 30.3 Å². The molecule has 0 saturated carbocycles. The first-order chi connectivity index (χ1) is 25.9. The second-order valence-corrected chi connectivity index (χ2v) is 15.1. The molecule has 2 unspecified atom stereocenters. The highest BCUT2D eigenvalue weighted by Gasteiger charge is 2.38. The van der Waals surface area contributed by atoms with Crippen LogP contribution in [-0.2, 0) is 44.8 Å². The molecule has 1 fully saturated rings. The molecular formula is C39H60N6O10. The Morgan fingerprint density at radius 3 is 1.80 bits per heavy atom. The second kappa shape index (κ2) is 22.4. The third-order valence-corrected chi connectivity index (χ3v) is 9.78. The molecular weight excluding hydrogens is 712 g/mol. The Morgan fingerprint density at radius 2 is 1.29 bits per heavy atom. The van der Waals surface area contributed by atoms with E-state index < -0.39 is 90.4 Å². The van der Waals surface area contributed by atoms with Gasteiger partial charge in [-0.05, 0) is 49.0 Å². The Bertz CT molecular complexity index is 1500. The van der Waals surface area contributed by atoms with Crippen LogP contribution >= 0.6 is 0 Å². The Balaban J connectivity index is 2.35.